The summed E-state index contributed by atoms with van der Waals surface area (Å²) < 4.78 is 4.94. The second kappa shape index (κ2) is 6.02. The van der Waals surface area contributed by atoms with E-state index in [2.05, 4.69) is 19.9 Å². The van der Waals surface area contributed by atoms with Crippen LogP contribution in [0.1, 0.15) is 39.5 Å². The molecular weight excluding hydrogens is 216 g/mol. The smallest absolute Gasteiger partial charge is 0.223 e. The van der Waals surface area contributed by atoms with Crippen LogP contribution in [0.25, 0.3) is 0 Å². The van der Waals surface area contributed by atoms with Gasteiger partial charge in [0.1, 0.15) is 6.04 Å². The van der Waals surface area contributed by atoms with Crippen LogP contribution in [0.15, 0.2) is 0 Å². The van der Waals surface area contributed by atoms with E-state index in [0.717, 1.165) is 19.3 Å². The minimum atomic E-state index is -0.286. The minimum Gasteiger partial charge on any atom is -0.385 e. The quantitative estimate of drug-likeness (QED) is 0.703. The summed E-state index contributed by atoms with van der Waals surface area (Å²) in [4.78, 5) is 13.8. The highest BCUT2D eigenvalue weighted by molar-refractivity contribution is 5.77. The second-order valence-corrected chi connectivity index (χ2v) is 5.31. The van der Waals surface area contributed by atoms with Gasteiger partial charge in [-0.2, -0.15) is 5.26 Å². The van der Waals surface area contributed by atoms with Crippen LogP contribution in [0.2, 0.25) is 0 Å². The lowest BCUT2D eigenvalue weighted by Gasteiger charge is -2.42. The summed E-state index contributed by atoms with van der Waals surface area (Å²) in [5, 5.41) is 9.25. The van der Waals surface area contributed by atoms with Crippen molar-refractivity contribution >= 4 is 5.91 Å². The predicted octanol–water partition coefficient (Wildman–Crippen LogP) is 1.95. The Morgan fingerprint density at radius 2 is 2.29 bits per heavy atom. The number of nitrogens with zero attached hydrogens (tertiary/aromatic N) is 2. The van der Waals surface area contributed by atoms with Crippen molar-refractivity contribution in [1.82, 2.24) is 4.90 Å². The number of hydrogen-bond donors (Lipinski definition) is 0. The van der Waals surface area contributed by atoms with Gasteiger partial charge in [-0.1, -0.05) is 13.8 Å². The van der Waals surface area contributed by atoms with Gasteiger partial charge in [0, 0.05) is 26.7 Å². The predicted molar refractivity (Wildman–Crippen MR) is 65.2 cm³/mol. The molecule has 1 aliphatic rings. The average Bonchev–Trinajstić information content (AvgIpc) is 2.27. The molecule has 1 atom stereocenters. The van der Waals surface area contributed by atoms with Crippen LogP contribution in [0, 0.1) is 16.7 Å². The van der Waals surface area contributed by atoms with Gasteiger partial charge in [0.05, 0.1) is 6.07 Å². The van der Waals surface area contributed by atoms with Gasteiger partial charge in [-0.05, 0) is 24.7 Å². The van der Waals surface area contributed by atoms with Crippen LogP contribution in [0.4, 0.5) is 0 Å². The Morgan fingerprint density at radius 1 is 1.59 bits per heavy atom. The molecule has 17 heavy (non-hydrogen) atoms. The molecule has 1 rings (SSSR count). The second-order valence-electron chi connectivity index (χ2n) is 5.31. The molecular formula is C13H22N2O2. The third-order valence-electron chi connectivity index (χ3n) is 3.45. The molecule has 1 aliphatic heterocycles. The number of amides is 1. The molecule has 1 saturated heterocycles. The van der Waals surface area contributed by atoms with Crippen molar-refractivity contribution in [2.24, 2.45) is 5.41 Å². The van der Waals surface area contributed by atoms with E-state index in [0.29, 0.717) is 19.6 Å². The number of carbonyl (C=O) groups is 1. The summed E-state index contributed by atoms with van der Waals surface area (Å²) >= 11 is 0. The van der Waals surface area contributed by atoms with Crippen LogP contribution in [0.3, 0.4) is 0 Å². The molecule has 4 heteroatoms. The van der Waals surface area contributed by atoms with Gasteiger partial charge in [-0.25, -0.2) is 0 Å². The van der Waals surface area contributed by atoms with Crippen LogP contribution in [-0.4, -0.2) is 37.1 Å². The Balaban J connectivity index is 2.62. The first-order chi connectivity index (χ1) is 8.03. The molecule has 0 aliphatic carbocycles. The number of piperidine rings is 1. The van der Waals surface area contributed by atoms with Crippen molar-refractivity contribution in [2.75, 3.05) is 20.3 Å². The average molecular weight is 238 g/mol. The van der Waals surface area contributed by atoms with E-state index in [9.17, 15) is 10.1 Å². The SMILES string of the molecule is COCCCC(=O)N1CCCC(C)(C)C1C#N. The van der Waals surface area contributed by atoms with Gasteiger partial charge in [0.15, 0.2) is 0 Å². The lowest BCUT2D eigenvalue weighted by atomic mass is 9.77. The highest BCUT2D eigenvalue weighted by atomic mass is 16.5. The third kappa shape index (κ3) is 3.44. The first kappa shape index (κ1) is 14.0. The Hall–Kier alpha value is -1.08. The maximum Gasteiger partial charge on any atom is 0.223 e. The molecule has 0 saturated carbocycles. The fourth-order valence-electron chi connectivity index (χ4n) is 2.42. The number of rotatable bonds is 4. The molecule has 1 fully saturated rings. The van der Waals surface area contributed by atoms with Crippen LogP contribution in [0.5, 0.6) is 0 Å². The molecule has 0 aromatic carbocycles. The van der Waals surface area contributed by atoms with Gasteiger partial charge in [-0.15, -0.1) is 0 Å². The number of hydrogen-bond acceptors (Lipinski definition) is 3. The zero-order chi connectivity index (χ0) is 12.9. The fraction of sp³-hybridized carbons (Fsp3) is 0.846. The van der Waals surface area contributed by atoms with E-state index in [1.165, 1.54) is 0 Å². The summed E-state index contributed by atoms with van der Waals surface area (Å²) in [5.74, 6) is 0.0846. The van der Waals surface area contributed by atoms with Gasteiger partial charge in [0.25, 0.3) is 0 Å². The van der Waals surface area contributed by atoms with Crippen molar-refractivity contribution in [3.05, 3.63) is 0 Å². The van der Waals surface area contributed by atoms with Gasteiger partial charge >= 0.3 is 0 Å². The first-order valence-electron chi connectivity index (χ1n) is 6.21. The van der Waals surface area contributed by atoms with E-state index in [1.54, 1.807) is 12.0 Å². The van der Waals surface area contributed by atoms with E-state index in [4.69, 9.17) is 4.74 Å². The Labute approximate surface area is 104 Å². The van der Waals surface area contributed by atoms with Gasteiger partial charge in [0.2, 0.25) is 5.91 Å². The molecule has 0 N–H and O–H groups in total. The molecule has 1 heterocycles. The van der Waals surface area contributed by atoms with Gasteiger partial charge in [-0.3, -0.25) is 4.79 Å². The minimum absolute atomic E-state index is 0.0846. The highest BCUT2D eigenvalue weighted by Crippen LogP contribution is 2.35. The number of likely N-dealkylation sites (tertiary alicyclic amines) is 1. The molecule has 0 aromatic rings. The molecule has 0 aromatic heterocycles. The fourth-order valence-corrected chi connectivity index (χ4v) is 2.42. The summed E-state index contributed by atoms with van der Waals surface area (Å²) in [6.07, 6.45) is 3.20. The summed E-state index contributed by atoms with van der Waals surface area (Å²) in [6, 6.07) is 2.00. The summed E-state index contributed by atoms with van der Waals surface area (Å²) in [5.41, 5.74) is -0.0933. The standard InChI is InChI=1S/C13H22N2O2/c1-13(2)7-5-8-15(11(13)10-14)12(16)6-4-9-17-3/h11H,4-9H2,1-3H3. The van der Waals surface area contributed by atoms with E-state index < -0.39 is 0 Å². The molecule has 1 unspecified atom stereocenters. The lowest BCUT2D eigenvalue weighted by molar-refractivity contribution is -0.137. The van der Waals surface area contributed by atoms with E-state index in [-0.39, 0.29) is 17.4 Å². The first-order valence-corrected chi connectivity index (χ1v) is 6.21. The maximum absolute atomic E-state index is 12.0. The number of nitriles is 1. The van der Waals surface area contributed by atoms with Crippen molar-refractivity contribution in [3.8, 4) is 6.07 Å². The Morgan fingerprint density at radius 3 is 2.88 bits per heavy atom. The molecule has 0 bridgehead atoms. The normalized spacial score (nSPS) is 23.2. The largest absolute Gasteiger partial charge is 0.385 e. The monoisotopic (exact) mass is 238 g/mol. The third-order valence-corrected chi connectivity index (χ3v) is 3.45. The van der Waals surface area contributed by atoms with Crippen molar-refractivity contribution in [3.63, 3.8) is 0 Å². The van der Waals surface area contributed by atoms with Crippen LogP contribution in [-0.2, 0) is 9.53 Å². The maximum atomic E-state index is 12.0. The Kier molecular flexibility index (Phi) is 4.95. The summed E-state index contributed by atoms with van der Waals surface area (Å²) in [7, 11) is 1.63. The Bertz CT molecular complexity index is 307. The molecule has 96 valence electrons. The van der Waals surface area contributed by atoms with Crippen LogP contribution >= 0.6 is 0 Å². The van der Waals surface area contributed by atoms with Crippen molar-refractivity contribution in [1.29, 1.82) is 5.26 Å². The molecule has 1 amide bonds. The van der Waals surface area contributed by atoms with Crippen molar-refractivity contribution in [2.45, 2.75) is 45.6 Å². The van der Waals surface area contributed by atoms with Crippen LogP contribution < -0.4 is 0 Å². The number of carbonyl (C=O) groups excluding carboxylic acids is 1. The number of methoxy groups -OCH3 is 1. The van der Waals surface area contributed by atoms with Gasteiger partial charge < -0.3 is 9.64 Å². The summed E-state index contributed by atoms with van der Waals surface area (Å²) in [6.45, 7) is 5.44. The lowest BCUT2D eigenvalue weighted by Crippen LogP contribution is -2.51. The zero-order valence-electron chi connectivity index (χ0n) is 11.0. The van der Waals surface area contributed by atoms with E-state index in [1.807, 2.05) is 0 Å². The van der Waals surface area contributed by atoms with E-state index >= 15 is 0 Å². The zero-order valence-corrected chi connectivity index (χ0v) is 11.0. The molecule has 0 spiro atoms. The highest BCUT2D eigenvalue weighted by Gasteiger charge is 2.39. The molecule has 4 nitrogen and oxygen atoms in total. The number of ether oxygens (including phenoxy) is 1. The van der Waals surface area contributed by atoms with Crippen molar-refractivity contribution < 1.29 is 9.53 Å². The topological polar surface area (TPSA) is 53.3 Å². The molecule has 0 radical (unpaired) electrons.